The molecular weight excluding hydrogens is 512 g/mol. The monoisotopic (exact) mass is 538 g/mol. The molecule has 7 heteroatoms. The van der Waals surface area contributed by atoms with Crippen LogP contribution in [0.4, 0.5) is 5.69 Å². The SMILES string of the molecule is CCOc1cc(/C=C(\C#N)C(=O)Nc2ccc(OCc3ccccc3)cc2)ccc1OCc1ccc(Cl)cc1. The number of carbonyl (C=O) groups excluding carboxylic acids is 1. The minimum atomic E-state index is -0.517. The van der Waals surface area contributed by atoms with Crippen LogP contribution < -0.4 is 19.5 Å². The van der Waals surface area contributed by atoms with Crippen molar-refractivity contribution in [3.63, 3.8) is 0 Å². The number of benzene rings is 4. The quantitative estimate of drug-likeness (QED) is 0.158. The Kier molecular flexibility index (Phi) is 9.60. The zero-order chi connectivity index (χ0) is 27.5. The van der Waals surface area contributed by atoms with Crippen LogP contribution in [0.1, 0.15) is 23.6 Å². The number of halogens is 1. The van der Waals surface area contributed by atoms with Gasteiger partial charge in [-0.15, -0.1) is 0 Å². The third-order valence-electron chi connectivity index (χ3n) is 5.61. The molecule has 0 aliphatic carbocycles. The first kappa shape index (κ1) is 27.3. The second-order valence-electron chi connectivity index (χ2n) is 8.48. The van der Waals surface area contributed by atoms with Crippen molar-refractivity contribution in [2.24, 2.45) is 0 Å². The lowest BCUT2D eigenvalue weighted by molar-refractivity contribution is -0.112. The summed E-state index contributed by atoms with van der Waals surface area (Å²) >= 11 is 5.95. The molecule has 1 N–H and O–H groups in total. The van der Waals surface area contributed by atoms with Crippen LogP contribution in [-0.4, -0.2) is 12.5 Å². The van der Waals surface area contributed by atoms with Gasteiger partial charge in [-0.2, -0.15) is 5.26 Å². The van der Waals surface area contributed by atoms with Crippen molar-refractivity contribution < 1.29 is 19.0 Å². The molecule has 0 saturated carbocycles. The van der Waals surface area contributed by atoms with Gasteiger partial charge in [0.2, 0.25) is 0 Å². The molecule has 0 aromatic heterocycles. The van der Waals surface area contributed by atoms with Crippen molar-refractivity contribution in [1.29, 1.82) is 5.26 Å². The largest absolute Gasteiger partial charge is 0.490 e. The molecule has 0 aliphatic heterocycles. The van der Waals surface area contributed by atoms with E-state index in [9.17, 15) is 10.1 Å². The number of amides is 1. The van der Waals surface area contributed by atoms with Crippen LogP contribution in [0.15, 0.2) is 103 Å². The maximum Gasteiger partial charge on any atom is 0.266 e. The van der Waals surface area contributed by atoms with E-state index in [1.807, 2.05) is 55.5 Å². The maximum atomic E-state index is 12.8. The maximum absolute atomic E-state index is 12.8. The van der Waals surface area contributed by atoms with E-state index in [2.05, 4.69) is 5.32 Å². The molecule has 0 atom stereocenters. The first-order valence-electron chi connectivity index (χ1n) is 12.4. The highest BCUT2D eigenvalue weighted by atomic mass is 35.5. The normalized spacial score (nSPS) is 10.8. The first-order valence-corrected chi connectivity index (χ1v) is 12.8. The molecule has 4 aromatic carbocycles. The molecule has 0 unspecified atom stereocenters. The molecule has 4 aromatic rings. The highest BCUT2D eigenvalue weighted by Gasteiger charge is 2.12. The van der Waals surface area contributed by atoms with E-state index in [1.165, 1.54) is 6.08 Å². The Morgan fingerprint density at radius 3 is 2.23 bits per heavy atom. The number of nitrogens with one attached hydrogen (secondary N) is 1. The van der Waals surface area contributed by atoms with Gasteiger partial charge in [0.05, 0.1) is 6.61 Å². The lowest BCUT2D eigenvalue weighted by atomic mass is 10.1. The Morgan fingerprint density at radius 1 is 0.846 bits per heavy atom. The van der Waals surface area contributed by atoms with Gasteiger partial charge in [-0.05, 0) is 78.2 Å². The predicted octanol–water partition coefficient (Wildman–Crippen LogP) is 7.44. The zero-order valence-corrected chi connectivity index (χ0v) is 22.2. The number of carbonyl (C=O) groups is 1. The van der Waals surface area contributed by atoms with Crippen molar-refractivity contribution in [2.45, 2.75) is 20.1 Å². The summed E-state index contributed by atoms with van der Waals surface area (Å²) in [7, 11) is 0. The van der Waals surface area contributed by atoms with Gasteiger partial charge in [0.1, 0.15) is 30.6 Å². The molecule has 0 radical (unpaired) electrons. The van der Waals surface area contributed by atoms with Crippen LogP contribution >= 0.6 is 11.6 Å². The summed E-state index contributed by atoms with van der Waals surface area (Å²) in [4.78, 5) is 12.8. The van der Waals surface area contributed by atoms with Gasteiger partial charge in [0.15, 0.2) is 11.5 Å². The first-order chi connectivity index (χ1) is 19.0. The second-order valence-corrected chi connectivity index (χ2v) is 8.91. The van der Waals surface area contributed by atoms with E-state index >= 15 is 0 Å². The van der Waals surface area contributed by atoms with E-state index in [0.717, 1.165) is 11.1 Å². The van der Waals surface area contributed by atoms with Gasteiger partial charge in [-0.3, -0.25) is 4.79 Å². The van der Waals surface area contributed by atoms with Crippen molar-refractivity contribution in [1.82, 2.24) is 0 Å². The third-order valence-corrected chi connectivity index (χ3v) is 5.86. The highest BCUT2D eigenvalue weighted by Crippen LogP contribution is 2.30. The van der Waals surface area contributed by atoms with Crippen molar-refractivity contribution in [3.8, 4) is 23.3 Å². The van der Waals surface area contributed by atoms with E-state index in [0.29, 0.717) is 53.3 Å². The molecule has 196 valence electrons. The highest BCUT2D eigenvalue weighted by molar-refractivity contribution is 6.30. The molecule has 0 spiro atoms. The van der Waals surface area contributed by atoms with Gasteiger partial charge in [-0.25, -0.2) is 0 Å². The lowest BCUT2D eigenvalue weighted by Gasteiger charge is -2.13. The van der Waals surface area contributed by atoms with Gasteiger partial charge in [-0.1, -0.05) is 60.1 Å². The molecule has 6 nitrogen and oxygen atoms in total. The van der Waals surface area contributed by atoms with Crippen molar-refractivity contribution in [3.05, 3.63) is 124 Å². The lowest BCUT2D eigenvalue weighted by Crippen LogP contribution is -2.13. The Labute approximate surface area is 233 Å². The second kappa shape index (κ2) is 13.7. The standard InChI is InChI=1S/C32H27ClN2O4/c1-2-37-31-19-25(10-17-30(31)39-22-24-8-11-27(33)12-9-24)18-26(20-34)32(36)35-28-13-15-29(16-14-28)38-21-23-6-4-3-5-7-23/h3-19H,2,21-22H2,1H3,(H,35,36)/b26-18+. The molecule has 4 rings (SSSR count). The molecule has 0 bridgehead atoms. The number of nitriles is 1. The van der Waals surface area contributed by atoms with Gasteiger partial charge < -0.3 is 19.5 Å². The van der Waals surface area contributed by atoms with Crippen molar-refractivity contribution in [2.75, 3.05) is 11.9 Å². The summed E-state index contributed by atoms with van der Waals surface area (Å²) < 4.78 is 17.5. The van der Waals surface area contributed by atoms with E-state index in [4.69, 9.17) is 25.8 Å². The molecule has 0 aliphatic rings. The van der Waals surface area contributed by atoms with E-state index in [1.54, 1.807) is 54.6 Å². The van der Waals surface area contributed by atoms with Crippen LogP contribution in [0.3, 0.4) is 0 Å². The average molecular weight is 539 g/mol. The summed E-state index contributed by atoms with van der Waals surface area (Å²) in [5, 5.41) is 13.1. The number of hydrogen-bond acceptors (Lipinski definition) is 5. The Bertz CT molecular complexity index is 1460. The van der Waals surface area contributed by atoms with Crippen LogP contribution in [0, 0.1) is 11.3 Å². The summed E-state index contributed by atoms with van der Waals surface area (Å²) in [5.41, 5.74) is 3.16. The van der Waals surface area contributed by atoms with Crippen LogP contribution in [-0.2, 0) is 18.0 Å². The van der Waals surface area contributed by atoms with Crippen LogP contribution in [0.25, 0.3) is 6.08 Å². The molecule has 1 amide bonds. The molecule has 39 heavy (non-hydrogen) atoms. The van der Waals surface area contributed by atoms with E-state index < -0.39 is 5.91 Å². The van der Waals surface area contributed by atoms with Gasteiger partial charge >= 0.3 is 0 Å². The van der Waals surface area contributed by atoms with Crippen molar-refractivity contribution >= 4 is 29.3 Å². The topological polar surface area (TPSA) is 80.6 Å². The third kappa shape index (κ3) is 8.13. The van der Waals surface area contributed by atoms with Gasteiger partial charge in [0.25, 0.3) is 5.91 Å². The van der Waals surface area contributed by atoms with Gasteiger partial charge in [0, 0.05) is 10.7 Å². The number of hydrogen-bond donors (Lipinski definition) is 1. The summed E-state index contributed by atoms with van der Waals surface area (Å²) in [6.45, 7) is 3.09. The fraction of sp³-hybridized carbons (Fsp3) is 0.125. The van der Waals surface area contributed by atoms with Crippen LogP contribution in [0.2, 0.25) is 5.02 Å². The Balaban J connectivity index is 1.40. The number of anilines is 1. The molecule has 0 saturated heterocycles. The fourth-order valence-electron chi connectivity index (χ4n) is 3.63. The molecular formula is C32H27ClN2O4. The summed E-state index contributed by atoms with van der Waals surface area (Å²) in [6.07, 6.45) is 1.51. The summed E-state index contributed by atoms with van der Waals surface area (Å²) in [5.74, 6) is 1.23. The Hall–Kier alpha value is -4.73. The predicted molar refractivity (Wildman–Crippen MR) is 153 cm³/mol. The molecule has 0 heterocycles. The number of ether oxygens (including phenoxy) is 3. The summed E-state index contributed by atoms with van der Waals surface area (Å²) in [6, 6.07) is 31.5. The fourth-order valence-corrected chi connectivity index (χ4v) is 3.76. The minimum absolute atomic E-state index is 0.0447. The van der Waals surface area contributed by atoms with E-state index in [-0.39, 0.29) is 5.57 Å². The zero-order valence-electron chi connectivity index (χ0n) is 21.4. The minimum Gasteiger partial charge on any atom is -0.490 e. The molecule has 0 fully saturated rings. The smallest absolute Gasteiger partial charge is 0.266 e. The number of rotatable bonds is 11. The Morgan fingerprint density at radius 2 is 1.54 bits per heavy atom. The number of nitrogens with zero attached hydrogens (tertiary/aromatic N) is 1. The van der Waals surface area contributed by atoms with Crippen LogP contribution in [0.5, 0.6) is 17.2 Å². The average Bonchev–Trinajstić information content (AvgIpc) is 2.96.